The summed E-state index contributed by atoms with van der Waals surface area (Å²) in [5.41, 5.74) is 0. The number of nitrogens with zero attached hydrogens (tertiary/aromatic N) is 2. The van der Waals surface area contributed by atoms with Gasteiger partial charge in [0.2, 0.25) is 5.95 Å². The van der Waals surface area contributed by atoms with E-state index in [4.69, 9.17) is 0 Å². The van der Waals surface area contributed by atoms with Gasteiger partial charge in [0.1, 0.15) is 0 Å². The van der Waals surface area contributed by atoms with E-state index in [0.29, 0.717) is 0 Å². The van der Waals surface area contributed by atoms with E-state index in [2.05, 4.69) is 27.1 Å². The Kier molecular flexibility index (Phi) is 3.03. The number of imidazole rings is 1. The van der Waals surface area contributed by atoms with Crippen molar-refractivity contribution in [2.24, 2.45) is 5.92 Å². The first-order valence-corrected chi connectivity index (χ1v) is 5.36. The molecule has 0 aliphatic carbocycles. The van der Waals surface area contributed by atoms with Gasteiger partial charge in [0.05, 0.1) is 0 Å². The van der Waals surface area contributed by atoms with Crippen molar-refractivity contribution >= 4 is 5.95 Å². The lowest BCUT2D eigenvalue weighted by Crippen LogP contribution is -2.18. The van der Waals surface area contributed by atoms with Gasteiger partial charge in [-0.1, -0.05) is 0 Å². The number of aromatic nitrogens is 2. The fourth-order valence-electron chi connectivity index (χ4n) is 1.86. The molecule has 1 aliphatic heterocycles. The van der Waals surface area contributed by atoms with Crippen LogP contribution in [0.2, 0.25) is 0 Å². The smallest absolute Gasteiger partial charge is 0.202 e. The van der Waals surface area contributed by atoms with Crippen LogP contribution in [0.3, 0.4) is 0 Å². The average Bonchev–Trinajstić information content (AvgIpc) is 2.85. The van der Waals surface area contributed by atoms with Crippen molar-refractivity contribution in [3.05, 3.63) is 12.4 Å². The summed E-state index contributed by atoms with van der Waals surface area (Å²) in [6.45, 7) is 6.44. The molecule has 1 unspecified atom stereocenters. The molecule has 0 saturated carbocycles. The Morgan fingerprint density at radius 3 is 3.36 bits per heavy atom. The molecule has 2 N–H and O–H groups in total. The largest absolute Gasteiger partial charge is 0.355 e. The minimum Gasteiger partial charge on any atom is -0.355 e. The predicted octanol–water partition coefficient (Wildman–Crippen LogP) is 0.924. The fourth-order valence-corrected chi connectivity index (χ4v) is 1.86. The van der Waals surface area contributed by atoms with Crippen LogP contribution in [0.25, 0.3) is 0 Å². The van der Waals surface area contributed by atoms with Crippen LogP contribution in [0, 0.1) is 5.92 Å². The lowest BCUT2D eigenvalue weighted by Gasteiger charge is -2.11. The third-order valence-corrected chi connectivity index (χ3v) is 2.77. The summed E-state index contributed by atoms with van der Waals surface area (Å²) in [5, 5.41) is 6.76. The number of hydrogen-bond acceptors (Lipinski definition) is 3. The zero-order valence-electron chi connectivity index (χ0n) is 8.66. The minimum atomic E-state index is 0.761. The van der Waals surface area contributed by atoms with Crippen molar-refractivity contribution < 1.29 is 0 Å². The molecule has 1 aromatic heterocycles. The van der Waals surface area contributed by atoms with Crippen LogP contribution < -0.4 is 10.6 Å². The lowest BCUT2D eigenvalue weighted by atomic mass is 10.1. The molecule has 1 atom stereocenters. The zero-order valence-corrected chi connectivity index (χ0v) is 8.66. The Bertz CT molecular complexity index is 275. The number of hydrogen-bond donors (Lipinski definition) is 2. The monoisotopic (exact) mass is 194 g/mol. The summed E-state index contributed by atoms with van der Waals surface area (Å²) in [6, 6.07) is 0. The normalized spacial score (nSPS) is 21.4. The summed E-state index contributed by atoms with van der Waals surface area (Å²) < 4.78 is 2.13. The van der Waals surface area contributed by atoms with E-state index in [-0.39, 0.29) is 0 Å². The van der Waals surface area contributed by atoms with Crippen LogP contribution in [-0.4, -0.2) is 29.2 Å². The highest BCUT2D eigenvalue weighted by Gasteiger charge is 2.14. The van der Waals surface area contributed by atoms with Crippen molar-refractivity contribution in [3.8, 4) is 0 Å². The Balaban J connectivity index is 1.84. The van der Waals surface area contributed by atoms with Crippen LogP contribution in [0.1, 0.15) is 13.3 Å². The third-order valence-electron chi connectivity index (χ3n) is 2.77. The molecule has 0 radical (unpaired) electrons. The topological polar surface area (TPSA) is 41.9 Å². The van der Waals surface area contributed by atoms with Gasteiger partial charge in [-0.25, -0.2) is 4.98 Å². The minimum absolute atomic E-state index is 0.761. The Morgan fingerprint density at radius 1 is 1.71 bits per heavy atom. The van der Waals surface area contributed by atoms with Crippen molar-refractivity contribution in [1.82, 2.24) is 14.9 Å². The molecule has 1 fully saturated rings. The van der Waals surface area contributed by atoms with E-state index >= 15 is 0 Å². The van der Waals surface area contributed by atoms with Gasteiger partial charge >= 0.3 is 0 Å². The molecule has 4 nitrogen and oxygen atoms in total. The van der Waals surface area contributed by atoms with Crippen molar-refractivity contribution in [3.63, 3.8) is 0 Å². The number of nitrogens with one attached hydrogen (secondary N) is 2. The molecule has 2 heterocycles. The second-order valence-corrected chi connectivity index (χ2v) is 3.78. The van der Waals surface area contributed by atoms with Gasteiger partial charge in [-0.15, -0.1) is 0 Å². The first-order valence-electron chi connectivity index (χ1n) is 5.36. The highest BCUT2D eigenvalue weighted by molar-refractivity contribution is 5.25. The molecule has 14 heavy (non-hydrogen) atoms. The molecule has 78 valence electrons. The van der Waals surface area contributed by atoms with Gasteiger partial charge in [-0.3, -0.25) is 0 Å². The predicted molar refractivity (Wildman–Crippen MR) is 57.4 cm³/mol. The molecule has 1 aliphatic rings. The Hall–Kier alpha value is -1.03. The first kappa shape index (κ1) is 9.52. The molecule has 2 rings (SSSR count). The Labute approximate surface area is 84.7 Å². The van der Waals surface area contributed by atoms with Gasteiger partial charge in [0, 0.05) is 25.5 Å². The molecule has 0 aromatic carbocycles. The van der Waals surface area contributed by atoms with Gasteiger partial charge in [-0.2, -0.15) is 0 Å². The van der Waals surface area contributed by atoms with Gasteiger partial charge in [0.25, 0.3) is 0 Å². The fraction of sp³-hybridized carbons (Fsp3) is 0.700. The number of anilines is 1. The number of aryl methyl sites for hydroxylation is 1. The highest BCUT2D eigenvalue weighted by Crippen LogP contribution is 2.09. The van der Waals surface area contributed by atoms with Gasteiger partial charge in [0.15, 0.2) is 0 Å². The molecule has 0 amide bonds. The zero-order chi connectivity index (χ0) is 9.80. The maximum absolute atomic E-state index is 4.28. The second-order valence-electron chi connectivity index (χ2n) is 3.78. The molecule has 4 heteroatoms. The number of rotatable bonds is 4. The second kappa shape index (κ2) is 4.46. The summed E-state index contributed by atoms with van der Waals surface area (Å²) in [5.74, 6) is 1.76. The summed E-state index contributed by atoms with van der Waals surface area (Å²) in [7, 11) is 0. The third kappa shape index (κ3) is 2.07. The van der Waals surface area contributed by atoms with Crippen LogP contribution in [0.15, 0.2) is 12.4 Å². The molecule has 1 saturated heterocycles. The van der Waals surface area contributed by atoms with Gasteiger partial charge < -0.3 is 15.2 Å². The standard InChI is InChI=1S/C10H18N4/c1-2-14-6-5-12-10(14)13-8-9-3-4-11-7-9/h5-6,9,11H,2-4,7-8H2,1H3,(H,12,13). The van der Waals surface area contributed by atoms with E-state index in [1.165, 1.54) is 6.42 Å². The SMILES string of the molecule is CCn1ccnc1NCC1CCNC1. The maximum atomic E-state index is 4.28. The Morgan fingerprint density at radius 2 is 2.64 bits per heavy atom. The van der Waals surface area contributed by atoms with Crippen LogP contribution in [-0.2, 0) is 6.54 Å². The van der Waals surface area contributed by atoms with Crippen LogP contribution in [0.4, 0.5) is 5.95 Å². The van der Waals surface area contributed by atoms with E-state index in [9.17, 15) is 0 Å². The summed E-state index contributed by atoms with van der Waals surface area (Å²) in [4.78, 5) is 4.28. The van der Waals surface area contributed by atoms with Crippen LogP contribution in [0.5, 0.6) is 0 Å². The lowest BCUT2D eigenvalue weighted by molar-refractivity contribution is 0.608. The highest BCUT2D eigenvalue weighted by atomic mass is 15.2. The van der Waals surface area contributed by atoms with Crippen molar-refractivity contribution in [2.45, 2.75) is 19.9 Å². The van der Waals surface area contributed by atoms with Crippen molar-refractivity contribution in [2.75, 3.05) is 25.0 Å². The molecular weight excluding hydrogens is 176 g/mol. The average molecular weight is 194 g/mol. The summed E-state index contributed by atoms with van der Waals surface area (Å²) in [6.07, 6.45) is 5.13. The van der Waals surface area contributed by atoms with Crippen molar-refractivity contribution in [1.29, 1.82) is 0 Å². The first-order chi connectivity index (χ1) is 6.90. The maximum Gasteiger partial charge on any atom is 0.202 e. The summed E-state index contributed by atoms with van der Waals surface area (Å²) >= 11 is 0. The van der Waals surface area contributed by atoms with E-state index in [1.54, 1.807) is 0 Å². The van der Waals surface area contributed by atoms with Gasteiger partial charge in [-0.05, 0) is 32.4 Å². The van der Waals surface area contributed by atoms with Crippen LogP contribution >= 0.6 is 0 Å². The molecular formula is C10H18N4. The molecule has 0 spiro atoms. The van der Waals surface area contributed by atoms with E-state index in [1.807, 2.05) is 12.4 Å². The van der Waals surface area contributed by atoms with E-state index < -0.39 is 0 Å². The molecule has 1 aromatic rings. The molecule has 0 bridgehead atoms. The van der Waals surface area contributed by atoms with E-state index in [0.717, 1.165) is 38.0 Å². The quantitative estimate of drug-likeness (QED) is 0.749.